The van der Waals surface area contributed by atoms with E-state index in [0.717, 1.165) is 23.5 Å². The number of aryl methyl sites for hydroxylation is 1. The monoisotopic (exact) mass is 254 g/mol. The molecule has 0 aliphatic heterocycles. The number of hydrogen-bond donors (Lipinski definition) is 2. The average Bonchev–Trinajstić information content (AvgIpc) is 2.40. The molecule has 0 aromatic heterocycles. The molecule has 0 saturated carbocycles. The summed E-state index contributed by atoms with van der Waals surface area (Å²) >= 11 is 0. The third-order valence-corrected chi connectivity index (χ3v) is 2.80. The standard InChI is InChI=1S/C16H18N2O/c1-3-17-14-9-7-13(8-10-14)16(19)18-15-6-4-5-12(2)11-15/h4-11,17H,3H2,1-2H3,(H,18,19). The summed E-state index contributed by atoms with van der Waals surface area (Å²) in [4.78, 5) is 12.1. The Morgan fingerprint density at radius 1 is 1.05 bits per heavy atom. The van der Waals surface area contributed by atoms with E-state index in [9.17, 15) is 4.79 Å². The SMILES string of the molecule is CCNc1ccc(C(=O)Nc2cccc(C)c2)cc1. The Morgan fingerprint density at radius 3 is 2.42 bits per heavy atom. The van der Waals surface area contributed by atoms with Crippen LogP contribution in [0.5, 0.6) is 0 Å². The number of hydrogen-bond acceptors (Lipinski definition) is 2. The number of benzene rings is 2. The normalized spacial score (nSPS) is 10.0. The molecule has 0 radical (unpaired) electrons. The van der Waals surface area contributed by atoms with Gasteiger partial charge in [-0.3, -0.25) is 4.79 Å². The number of rotatable bonds is 4. The number of carbonyl (C=O) groups excluding carboxylic acids is 1. The Kier molecular flexibility index (Phi) is 4.18. The highest BCUT2D eigenvalue weighted by molar-refractivity contribution is 6.04. The predicted octanol–water partition coefficient (Wildman–Crippen LogP) is 3.68. The minimum absolute atomic E-state index is 0.0892. The topological polar surface area (TPSA) is 41.1 Å². The minimum atomic E-state index is -0.0892. The molecule has 0 atom stereocenters. The van der Waals surface area contributed by atoms with Crippen LogP contribution >= 0.6 is 0 Å². The second kappa shape index (κ2) is 6.05. The van der Waals surface area contributed by atoms with Crippen molar-refractivity contribution in [2.75, 3.05) is 17.2 Å². The molecule has 3 nitrogen and oxygen atoms in total. The lowest BCUT2D eigenvalue weighted by atomic mass is 10.1. The predicted molar refractivity (Wildman–Crippen MR) is 79.7 cm³/mol. The molecule has 1 amide bonds. The lowest BCUT2D eigenvalue weighted by Crippen LogP contribution is -2.11. The molecule has 0 bridgehead atoms. The van der Waals surface area contributed by atoms with Crippen molar-refractivity contribution in [1.29, 1.82) is 0 Å². The maximum Gasteiger partial charge on any atom is 0.255 e. The van der Waals surface area contributed by atoms with Crippen molar-refractivity contribution >= 4 is 17.3 Å². The van der Waals surface area contributed by atoms with Gasteiger partial charge in [0.05, 0.1) is 0 Å². The van der Waals surface area contributed by atoms with Crippen LogP contribution in [-0.4, -0.2) is 12.5 Å². The van der Waals surface area contributed by atoms with Crippen molar-refractivity contribution in [3.63, 3.8) is 0 Å². The van der Waals surface area contributed by atoms with Gasteiger partial charge in [0.2, 0.25) is 0 Å². The van der Waals surface area contributed by atoms with Crippen LogP contribution in [0, 0.1) is 6.92 Å². The van der Waals surface area contributed by atoms with E-state index in [4.69, 9.17) is 0 Å². The Balaban J connectivity index is 2.07. The molecule has 3 heteroatoms. The molecule has 0 heterocycles. The lowest BCUT2D eigenvalue weighted by molar-refractivity contribution is 0.102. The van der Waals surface area contributed by atoms with Gasteiger partial charge in [-0.05, 0) is 55.8 Å². The quantitative estimate of drug-likeness (QED) is 0.873. The molecule has 2 aromatic rings. The van der Waals surface area contributed by atoms with Crippen LogP contribution in [0.2, 0.25) is 0 Å². The highest BCUT2D eigenvalue weighted by Gasteiger charge is 2.05. The number of carbonyl (C=O) groups is 1. The summed E-state index contributed by atoms with van der Waals surface area (Å²) in [6.45, 7) is 4.91. The van der Waals surface area contributed by atoms with Gasteiger partial charge >= 0.3 is 0 Å². The first-order chi connectivity index (χ1) is 9.19. The van der Waals surface area contributed by atoms with Crippen LogP contribution in [0.25, 0.3) is 0 Å². The van der Waals surface area contributed by atoms with Crippen molar-refractivity contribution < 1.29 is 4.79 Å². The van der Waals surface area contributed by atoms with E-state index in [0.29, 0.717) is 5.56 Å². The molecule has 0 spiro atoms. The molecule has 0 unspecified atom stereocenters. The van der Waals surface area contributed by atoms with Crippen molar-refractivity contribution in [3.05, 3.63) is 59.7 Å². The molecular formula is C16H18N2O. The molecule has 0 aliphatic carbocycles. The summed E-state index contributed by atoms with van der Waals surface area (Å²) in [5.74, 6) is -0.0892. The van der Waals surface area contributed by atoms with Crippen molar-refractivity contribution in [3.8, 4) is 0 Å². The number of anilines is 2. The molecule has 98 valence electrons. The fourth-order valence-corrected chi connectivity index (χ4v) is 1.87. The van der Waals surface area contributed by atoms with Gasteiger partial charge in [-0.1, -0.05) is 12.1 Å². The zero-order chi connectivity index (χ0) is 13.7. The number of nitrogens with one attached hydrogen (secondary N) is 2. The van der Waals surface area contributed by atoms with Gasteiger partial charge < -0.3 is 10.6 Å². The van der Waals surface area contributed by atoms with Crippen LogP contribution in [0.1, 0.15) is 22.8 Å². The van der Waals surface area contributed by atoms with Gasteiger partial charge in [-0.25, -0.2) is 0 Å². The van der Waals surface area contributed by atoms with E-state index in [1.54, 1.807) is 0 Å². The first-order valence-electron chi connectivity index (χ1n) is 6.41. The first kappa shape index (κ1) is 13.1. The maximum atomic E-state index is 12.1. The van der Waals surface area contributed by atoms with E-state index in [2.05, 4.69) is 10.6 Å². The third-order valence-electron chi connectivity index (χ3n) is 2.80. The Morgan fingerprint density at radius 2 is 1.79 bits per heavy atom. The van der Waals surface area contributed by atoms with Gasteiger partial charge in [-0.2, -0.15) is 0 Å². The molecular weight excluding hydrogens is 236 g/mol. The van der Waals surface area contributed by atoms with Crippen LogP contribution in [0.15, 0.2) is 48.5 Å². The maximum absolute atomic E-state index is 12.1. The van der Waals surface area contributed by atoms with Crippen molar-refractivity contribution in [2.24, 2.45) is 0 Å². The average molecular weight is 254 g/mol. The van der Waals surface area contributed by atoms with Crippen LogP contribution in [0.3, 0.4) is 0 Å². The third kappa shape index (κ3) is 3.58. The molecule has 19 heavy (non-hydrogen) atoms. The zero-order valence-corrected chi connectivity index (χ0v) is 11.2. The Bertz CT molecular complexity index is 561. The van der Waals surface area contributed by atoms with Crippen LogP contribution < -0.4 is 10.6 Å². The van der Waals surface area contributed by atoms with E-state index in [1.807, 2.05) is 62.4 Å². The van der Waals surface area contributed by atoms with E-state index in [1.165, 1.54) is 0 Å². The highest BCUT2D eigenvalue weighted by Crippen LogP contribution is 2.13. The Labute approximate surface area is 113 Å². The molecule has 2 N–H and O–H groups in total. The van der Waals surface area contributed by atoms with Gasteiger partial charge in [-0.15, -0.1) is 0 Å². The smallest absolute Gasteiger partial charge is 0.255 e. The summed E-state index contributed by atoms with van der Waals surface area (Å²) in [5, 5.41) is 6.09. The van der Waals surface area contributed by atoms with Gasteiger partial charge in [0, 0.05) is 23.5 Å². The van der Waals surface area contributed by atoms with Crippen LogP contribution in [0.4, 0.5) is 11.4 Å². The molecule has 0 aliphatic rings. The van der Waals surface area contributed by atoms with Crippen molar-refractivity contribution in [1.82, 2.24) is 0 Å². The van der Waals surface area contributed by atoms with E-state index >= 15 is 0 Å². The molecule has 2 aromatic carbocycles. The fraction of sp³-hybridized carbons (Fsp3) is 0.188. The highest BCUT2D eigenvalue weighted by atomic mass is 16.1. The molecule has 0 fully saturated rings. The fourth-order valence-electron chi connectivity index (χ4n) is 1.87. The second-order valence-corrected chi connectivity index (χ2v) is 4.43. The molecule has 2 rings (SSSR count). The van der Waals surface area contributed by atoms with Gasteiger partial charge in [0.1, 0.15) is 0 Å². The summed E-state index contributed by atoms with van der Waals surface area (Å²) in [5.41, 5.74) is 3.62. The summed E-state index contributed by atoms with van der Waals surface area (Å²) < 4.78 is 0. The van der Waals surface area contributed by atoms with E-state index in [-0.39, 0.29) is 5.91 Å². The summed E-state index contributed by atoms with van der Waals surface area (Å²) in [7, 11) is 0. The first-order valence-corrected chi connectivity index (χ1v) is 6.41. The largest absolute Gasteiger partial charge is 0.385 e. The van der Waals surface area contributed by atoms with Crippen LogP contribution in [-0.2, 0) is 0 Å². The Hall–Kier alpha value is -2.29. The summed E-state index contributed by atoms with van der Waals surface area (Å²) in [6.07, 6.45) is 0. The molecule has 0 saturated heterocycles. The minimum Gasteiger partial charge on any atom is -0.385 e. The van der Waals surface area contributed by atoms with Gasteiger partial charge in [0.25, 0.3) is 5.91 Å². The van der Waals surface area contributed by atoms with E-state index < -0.39 is 0 Å². The zero-order valence-electron chi connectivity index (χ0n) is 11.2. The lowest BCUT2D eigenvalue weighted by Gasteiger charge is -2.07. The summed E-state index contributed by atoms with van der Waals surface area (Å²) in [6, 6.07) is 15.2. The van der Waals surface area contributed by atoms with Crippen molar-refractivity contribution in [2.45, 2.75) is 13.8 Å². The second-order valence-electron chi connectivity index (χ2n) is 4.43. The van der Waals surface area contributed by atoms with Gasteiger partial charge in [0.15, 0.2) is 0 Å². The number of amides is 1.